The van der Waals surface area contributed by atoms with E-state index in [0.717, 1.165) is 24.4 Å². The maximum absolute atomic E-state index is 11.3. The van der Waals surface area contributed by atoms with E-state index in [4.69, 9.17) is 0 Å². The number of hydrogen-bond donors (Lipinski definition) is 2. The Bertz CT molecular complexity index is 339. The fraction of sp³-hybridized carbons (Fsp3) is 0.500. The van der Waals surface area contributed by atoms with Crippen LogP contribution in [0.15, 0.2) is 18.2 Å². The Hall–Kier alpha value is -1.42. The summed E-state index contributed by atoms with van der Waals surface area (Å²) >= 11 is 0. The maximum atomic E-state index is 11.3. The van der Waals surface area contributed by atoms with Crippen molar-refractivity contribution in [3.8, 4) is 0 Å². The van der Waals surface area contributed by atoms with E-state index in [-0.39, 0.29) is 5.91 Å². The molecule has 0 saturated heterocycles. The number of nitrogens with one attached hydrogen (secondary N) is 2. The van der Waals surface area contributed by atoms with Crippen molar-refractivity contribution in [1.82, 2.24) is 15.6 Å². The van der Waals surface area contributed by atoms with Crippen LogP contribution in [0.3, 0.4) is 0 Å². The van der Waals surface area contributed by atoms with E-state index in [1.165, 1.54) is 0 Å². The van der Waals surface area contributed by atoms with Crippen molar-refractivity contribution in [2.75, 3.05) is 13.1 Å². The molecule has 0 atom stereocenters. The van der Waals surface area contributed by atoms with Crippen molar-refractivity contribution >= 4 is 5.91 Å². The zero-order valence-electron chi connectivity index (χ0n) is 9.92. The molecule has 0 aliphatic rings. The molecule has 0 bridgehead atoms. The SMILES string of the molecule is CCCNC(=O)CNCc1cccc(C)n1. The number of amides is 1. The Kier molecular flexibility index (Phi) is 5.50. The van der Waals surface area contributed by atoms with E-state index in [1.807, 2.05) is 32.0 Å². The van der Waals surface area contributed by atoms with Crippen LogP contribution in [0, 0.1) is 6.92 Å². The van der Waals surface area contributed by atoms with Gasteiger partial charge in [-0.15, -0.1) is 0 Å². The minimum absolute atomic E-state index is 0.0366. The lowest BCUT2D eigenvalue weighted by Crippen LogP contribution is -2.34. The molecule has 0 spiro atoms. The molecule has 1 heterocycles. The van der Waals surface area contributed by atoms with Crippen LogP contribution in [0.2, 0.25) is 0 Å². The van der Waals surface area contributed by atoms with Gasteiger partial charge in [0.1, 0.15) is 0 Å². The highest BCUT2D eigenvalue weighted by Gasteiger charge is 1.99. The molecule has 0 aliphatic heterocycles. The fourth-order valence-corrected chi connectivity index (χ4v) is 1.33. The van der Waals surface area contributed by atoms with E-state index in [1.54, 1.807) is 0 Å². The van der Waals surface area contributed by atoms with E-state index < -0.39 is 0 Å². The molecule has 88 valence electrons. The van der Waals surface area contributed by atoms with Crippen LogP contribution in [0.5, 0.6) is 0 Å². The van der Waals surface area contributed by atoms with Crippen LogP contribution in [0.4, 0.5) is 0 Å². The van der Waals surface area contributed by atoms with Gasteiger partial charge in [0.2, 0.25) is 5.91 Å². The van der Waals surface area contributed by atoms with Crippen LogP contribution < -0.4 is 10.6 Å². The molecule has 0 aromatic carbocycles. The smallest absolute Gasteiger partial charge is 0.233 e. The minimum atomic E-state index is 0.0366. The Morgan fingerprint density at radius 3 is 2.94 bits per heavy atom. The lowest BCUT2D eigenvalue weighted by atomic mass is 10.3. The Labute approximate surface area is 96.5 Å². The molecule has 0 saturated carbocycles. The number of hydrogen-bond acceptors (Lipinski definition) is 3. The third-order valence-electron chi connectivity index (χ3n) is 2.11. The van der Waals surface area contributed by atoms with E-state index in [0.29, 0.717) is 13.1 Å². The van der Waals surface area contributed by atoms with Crippen molar-refractivity contribution in [1.29, 1.82) is 0 Å². The van der Waals surface area contributed by atoms with Crippen molar-refractivity contribution in [2.24, 2.45) is 0 Å². The summed E-state index contributed by atoms with van der Waals surface area (Å²) in [4.78, 5) is 15.6. The number of carbonyl (C=O) groups excluding carboxylic acids is 1. The quantitative estimate of drug-likeness (QED) is 0.753. The number of nitrogens with zero attached hydrogens (tertiary/aromatic N) is 1. The van der Waals surface area contributed by atoms with Crippen molar-refractivity contribution < 1.29 is 4.79 Å². The molecule has 0 unspecified atom stereocenters. The maximum Gasteiger partial charge on any atom is 0.233 e. The van der Waals surface area contributed by atoms with E-state index >= 15 is 0 Å². The van der Waals surface area contributed by atoms with Gasteiger partial charge in [-0.3, -0.25) is 9.78 Å². The van der Waals surface area contributed by atoms with Crippen LogP contribution in [0.25, 0.3) is 0 Å². The number of aryl methyl sites for hydroxylation is 1. The minimum Gasteiger partial charge on any atom is -0.355 e. The molecule has 4 nitrogen and oxygen atoms in total. The summed E-state index contributed by atoms with van der Waals surface area (Å²) in [6, 6.07) is 5.87. The van der Waals surface area contributed by atoms with Crippen LogP contribution in [-0.4, -0.2) is 24.0 Å². The number of aromatic nitrogens is 1. The summed E-state index contributed by atoms with van der Waals surface area (Å²) in [6.45, 7) is 5.70. The van der Waals surface area contributed by atoms with Crippen molar-refractivity contribution in [2.45, 2.75) is 26.8 Å². The summed E-state index contributed by atoms with van der Waals surface area (Å²) in [7, 11) is 0. The Morgan fingerprint density at radius 2 is 2.25 bits per heavy atom. The third kappa shape index (κ3) is 4.89. The summed E-state index contributed by atoms with van der Waals surface area (Å²) in [5, 5.41) is 5.87. The first-order chi connectivity index (χ1) is 7.72. The summed E-state index contributed by atoms with van der Waals surface area (Å²) in [5.41, 5.74) is 1.96. The third-order valence-corrected chi connectivity index (χ3v) is 2.11. The summed E-state index contributed by atoms with van der Waals surface area (Å²) in [5.74, 6) is 0.0366. The molecule has 0 aliphatic carbocycles. The zero-order valence-corrected chi connectivity index (χ0v) is 9.92. The molecule has 16 heavy (non-hydrogen) atoms. The molecule has 0 radical (unpaired) electrons. The second-order valence-corrected chi connectivity index (χ2v) is 3.72. The van der Waals surface area contributed by atoms with Crippen molar-refractivity contribution in [3.05, 3.63) is 29.6 Å². The molecule has 0 fully saturated rings. The Morgan fingerprint density at radius 1 is 1.44 bits per heavy atom. The van der Waals surface area contributed by atoms with Gasteiger partial charge in [-0.05, 0) is 25.5 Å². The molecule has 1 aromatic rings. The van der Waals surface area contributed by atoms with Gasteiger partial charge in [0, 0.05) is 18.8 Å². The van der Waals surface area contributed by atoms with Gasteiger partial charge in [0.15, 0.2) is 0 Å². The topological polar surface area (TPSA) is 54.0 Å². The first-order valence-corrected chi connectivity index (χ1v) is 5.62. The highest BCUT2D eigenvalue weighted by molar-refractivity contribution is 5.77. The largest absolute Gasteiger partial charge is 0.355 e. The second-order valence-electron chi connectivity index (χ2n) is 3.72. The molecule has 2 N–H and O–H groups in total. The van der Waals surface area contributed by atoms with Gasteiger partial charge in [-0.2, -0.15) is 0 Å². The van der Waals surface area contributed by atoms with Crippen LogP contribution in [-0.2, 0) is 11.3 Å². The second kappa shape index (κ2) is 6.95. The average molecular weight is 221 g/mol. The number of pyridine rings is 1. The normalized spacial score (nSPS) is 10.1. The number of rotatable bonds is 6. The van der Waals surface area contributed by atoms with Gasteiger partial charge in [-0.1, -0.05) is 13.0 Å². The molecule has 1 rings (SSSR count). The highest BCUT2D eigenvalue weighted by Crippen LogP contribution is 1.96. The highest BCUT2D eigenvalue weighted by atomic mass is 16.1. The van der Waals surface area contributed by atoms with Crippen molar-refractivity contribution in [3.63, 3.8) is 0 Å². The van der Waals surface area contributed by atoms with Gasteiger partial charge < -0.3 is 10.6 Å². The first kappa shape index (κ1) is 12.6. The van der Waals surface area contributed by atoms with E-state index in [2.05, 4.69) is 15.6 Å². The standard InChI is InChI=1S/C12H19N3O/c1-3-7-14-12(16)9-13-8-11-6-4-5-10(2)15-11/h4-6,13H,3,7-9H2,1-2H3,(H,14,16). The molecule has 1 aromatic heterocycles. The average Bonchev–Trinajstić information content (AvgIpc) is 2.26. The lowest BCUT2D eigenvalue weighted by molar-refractivity contribution is -0.120. The molecular weight excluding hydrogens is 202 g/mol. The predicted molar refractivity (Wildman–Crippen MR) is 64.0 cm³/mol. The van der Waals surface area contributed by atoms with Gasteiger partial charge in [0.05, 0.1) is 12.2 Å². The molecule has 1 amide bonds. The van der Waals surface area contributed by atoms with Gasteiger partial charge in [-0.25, -0.2) is 0 Å². The Balaban J connectivity index is 2.22. The molecular formula is C12H19N3O. The summed E-state index contributed by atoms with van der Waals surface area (Å²) in [6.07, 6.45) is 0.963. The first-order valence-electron chi connectivity index (χ1n) is 5.62. The van der Waals surface area contributed by atoms with Gasteiger partial charge in [0.25, 0.3) is 0 Å². The zero-order chi connectivity index (χ0) is 11.8. The lowest BCUT2D eigenvalue weighted by Gasteiger charge is -2.05. The monoisotopic (exact) mass is 221 g/mol. The predicted octanol–water partition coefficient (Wildman–Crippen LogP) is 1.01. The summed E-state index contributed by atoms with van der Waals surface area (Å²) < 4.78 is 0. The fourth-order valence-electron chi connectivity index (χ4n) is 1.33. The van der Waals surface area contributed by atoms with E-state index in [9.17, 15) is 4.79 Å². The van der Waals surface area contributed by atoms with Crippen LogP contribution >= 0.6 is 0 Å². The molecule has 4 heteroatoms. The van der Waals surface area contributed by atoms with Crippen LogP contribution in [0.1, 0.15) is 24.7 Å². The van der Waals surface area contributed by atoms with Gasteiger partial charge >= 0.3 is 0 Å². The number of carbonyl (C=O) groups is 1.